The number of H-pyrrole nitrogens is 1. The van der Waals surface area contributed by atoms with E-state index >= 15 is 0 Å². The van der Waals surface area contributed by atoms with Crippen LogP contribution in [0.5, 0.6) is 0 Å². The van der Waals surface area contributed by atoms with Crippen molar-refractivity contribution in [1.29, 1.82) is 0 Å². The van der Waals surface area contributed by atoms with Gasteiger partial charge in [0.25, 0.3) is 12.3 Å². The van der Waals surface area contributed by atoms with E-state index in [0.29, 0.717) is 18.3 Å². The van der Waals surface area contributed by atoms with E-state index in [1.54, 1.807) is 0 Å². The van der Waals surface area contributed by atoms with Crippen LogP contribution in [0, 0.1) is 0 Å². The molecule has 0 spiro atoms. The van der Waals surface area contributed by atoms with E-state index in [2.05, 4.69) is 30.4 Å². The molecule has 0 saturated heterocycles. The first-order chi connectivity index (χ1) is 17.7. The van der Waals surface area contributed by atoms with Gasteiger partial charge < -0.3 is 14.3 Å². The number of fused-ring (bicyclic) bond motifs is 2. The lowest BCUT2D eigenvalue weighted by molar-refractivity contribution is -0.212. The van der Waals surface area contributed by atoms with E-state index < -0.39 is 30.6 Å². The van der Waals surface area contributed by atoms with Gasteiger partial charge in [0.05, 0.1) is 23.2 Å². The first-order valence-corrected chi connectivity index (χ1v) is 10.8. The van der Waals surface area contributed by atoms with Gasteiger partial charge in [-0.3, -0.25) is 4.79 Å². The summed E-state index contributed by atoms with van der Waals surface area (Å²) >= 11 is 0. The molecule has 1 aliphatic rings. The van der Waals surface area contributed by atoms with Crippen molar-refractivity contribution in [2.24, 2.45) is 0 Å². The van der Waals surface area contributed by atoms with Crippen LogP contribution in [-0.2, 0) is 12.7 Å². The number of amides is 1. The van der Waals surface area contributed by atoms with E-state index in [0.717, 1.165) is 11.8 Å². The molecule has 1 aliphatic heterocycles. The standard InChI is InChI=1S/C21H14F5N9O2/c22-17(23)10-2-1-5-34-14(10)8-13(31-34)16-15-11(27-9-28-15)3-6-33(16)20(36)19-30-29-18(37-19)12-4-7-35(32-12)21(24,25)26/h1-2,4-5,7-9,16-17H,3,6H2,(H,27,28)/t16-/m1/s1. The number of halogens is 5. The summed E-state index contributed by atoms with van der Waals surface area (Å²) in [4.78, 5) is 22.1. The van der Waals surface area contributed by atoms with Gasteiger partial charge in [-0.1, -0.05) is 0 Å². The van der Waals surface area contributed by atoms with Crippen molar-refractivity contribution in [3.8, 4) is 11.6 Å². The number of hydrogen-bond donors (Lipinski definition) is 1. The number of aromatic nitrogens is 8. The van der Waals surface area contributed by atoms with Gasteiger partial charge in [0.1, 0.15) is 11.7 Å². The number of carbonyl (C=O) groups excluding carboxylic acids is 1. The Bertz CT molecular complexity index is 1620. The zero-order valence-corrected chi connectivity index (χ0v) is 18.4. The number of carbonyl (C=O) groups is 1. The quantitative estimate of drug-likeness (QED) is 0.361. The Balaban J connectivity index is 1.37. The Kier molecular flexibility index (Phi) is 5.06. The van der Waals surface area contributed by atoms with Crippen LogP contribution in [0.3, 0.4) is 0 Å². The van der Waals surface area contributed by atoms with E-state index in [-0.39, 0.29) is 39.6 Å². The molecule has 0 aromatic carbocycles. The van der Waals surface area contributed by atoms with Crippen molar-refractivity contribution in [2.45, 2.75) is 25.2 Å². The second kappa shape index (κ2) is 8.21. The number of aromatic amines is 1. The lowest BCUT2D eigenvalue weighted by Gasteiger charge is -2.32. The molecular weight excluding hydrogens is 505 g/mol. The van der Waals surface area contributed by atoms with E-state index in [9.17, 15) is 26.7 Å². The second-order valence-electron chi connectivity index (χ2n) is 8.11. The average molecular weight is 519 g/mol. The minimum absolute atomic E-state index is 0.161. The Hall–Kier alpha value is -4.63. The maximum atomic E-state index is 13.6. The third kappa shape index (κ3) is 3.80. The minimum atomic E-state index is -4.74. The lowest BCUT2D eigenvalue weighted by Crippen LogP contribution is -2.41. The first kappa shape index (κ1) is 22.8. The van der Waals surface area contributed by atoms with Gasteiger partial charge in [0.15, 0.2) is 0 Å². The molecule has 0 radical (unpaired) electrons. The highest BCUT2D eigenvalue weighted by Gasteiger charge is 2.39. The molecule has 0 saturated carbocycles. The Morgan fingerprint density at radius 1 is 1.16 bits per heavy atom. The Labute approximate surface area is 202 Å². The third-order valence-electron chi connectivity index (χ3n) is 5.93. The highest BCUT2D eigenvalue weighted by atomic mass is 19.4. The molecule has 5 aromatic heterocycles. The van der Waals surface area contributed by atoms with Gasteiger partial charge in [-0.25, -0.2) is 18.3 Å². The number of imidazole rings is 1. The van der Waals surface area contributed by atoms with Crippen LogP contribution in [0.4, 0.5) is 22.0 Å². The van der Waals surface area contributed by atoms with E-state index in [4.69, 9.17) is 4.42 Å². The maximum absolute atomic E-state index is 13.6. The molecule has 6 heterocycles. The number of alkyl halides is 5. The molecule has 1 N–H and O–H groups in total. The monoisotopic (exact) mass is 519 g/mol. The Morgan fingerprint density at radius 2 is 2.00 bits per heavy atom. The summed E-state index contributed by atoms with van der Waals surface area (Å²) in [6.45, 7) is 0.161. The molecule has 0 unspecified atom stereocenters. The maximum Gasteiger partial charge on any atom is 0.504 e. The van der Waals surface area contributed by atoms with Crippen LogP contribution in [-0.4, -0.2) is 56.9 Å². The number of nitrogens with one attached hydrogen (secondary N) is 1. The fourth-order valence-corrected chi connectivity index (χ4v) is 4.28. The molecule has 1 atom stereocenters. The van der Waals surface area contributed by atoms with Crippen molar-refractivity contribution >= 4 is 11.4 Å². The highest BCUT2D eigenvalue weighted by molar-refractivity contribution is 5.90. The molecule has 37 heavy (non-hydrogen) atoms. The zero-order chi connectivity index (χ0) is 25.9. The van der Waals surface area contributed by atoms with Crippen LogP contribution in [0.1, 0.15) is 45.8 Å². The van der Waals surface area contributed by atoms with Crippen molar-refractivity contribution in [3.05, 3.63) is 71.5 Å². The van der Waals surface area contributed by atoms with Crippen molar-refractivity contribution < 1.29 is 31.2 Å². The van der Waals surface area contributed by atoms with Crippen LogP contribution in [0.2, 0.25) is 0 Å². The molecule has 16 heteroatoms. The van der Waals surface area contributed by atoms with Gasteiger partial charge >= 0.3 is 18.1 Å². The summed E-state index contributed by atoms with van der Waals surface area (Å²) in [6, 6.07) is 4.32. The van der Waals surface area contributed by atoms with Crippen LogP contribution >= 0.6 is 0 Å². The zero-order valence-electron chi connectivity index (χ0n) is 18.4. The van der Waals surface area contributed by atoms with Gasteiger partial charge in [-0.15, -0.1) is 23.4 Å². The van der Waals surface area contributed by atoms with Crippen molar-refractivity contribution in [1.82, 2.24) is 44.5 Å². The smallest absolute Gasteiger partial charge is 0.411 e. The third-order valence-corrected chi connectivity index (χ3v) is 5.93. The van der Waals surface area contributed by atoms with Gasteiger partial charge in [-0.2, -0.15) is 14.9 Å². The predicted molar refractivity (Wildman–Crippen MR) is 112 cm³/mol. The summed E-state index contributed by atoms with van der Waals surface area (Å²) in [5.41, 5.74) is 1.15. The normalized spacial score (nSPS) is 16.1. The van der Waals surface area contributed by atoms with Crippen LogP contribution in [0.15, 0.2) is 47.4 Å². The van der Waals surface area contributed by atoms with Gasteiger partial charge in [0.2, 0.25) is 0 Å². The van der Waals surface area contributed by atoms with Gasteiger partial charge in [-0.05, 0) is 24.3 Å². The fourth-order valence-electron chi connectivity index (χ4n) is 4.28. The van der Waals surface area contributed by atoms with Crippen LogP contribution < -0.4 is 0 Å². The Morgan fingerprint density at radius 3 is 2.76 bits per heavy atom. The summed E-state index contributed by atoms with van der Waals surface area (Å²) < 4.78 is 72.1. The topological polar surface area (TPSA) is 123 Å². The predicted octanol–water partition coefficient (Wildman–Crippen LogP) is 3.51. The van der Waals surface area contributed by atoms with E-state index in [1.807, 2.05) is 0 Å². The number of pyridine rings is 1. The highest BCUT2D eigenvalue weighted by Crippen LogP contribution is 2.35. The lowest BCUT2D eigenvalue weighted by atomic mass is 9.99. The summed E-state index contributed by atoms with van der Waals surface area (Å²) in [5.74, 6) is -1.61. The molecule has 190 valence electrons. The number of hydrogen-bond acceptors (Lipinski definition) is 7. The molecule has 11 nitrogen and oxygen atoms in total. The van der Waals surface area contributed by atoms with Crippen LogP contribution in [0.25, 0.3) is 17.1 Å². The minimum Gasteiger partial charge on any atom is -0.411 e. The molecule has 0 aliphatic carbocycles. The SMILES string of the molecule is O=C(c1nnc(-c2ccn(C(F)(F)F)n2)o1)N1CCc2[nH]cnc2[C@H]1c1cc2c(C(F)F)cccn2n1. The van der Waals surface area contributed by atoms with E-state index in [1.165, 1.54) is 40.1 Å². The molecule has 0 fully saturated rings. The molecule has 5 aromatic rings. The second-order valence-corrected chi connectivity index (χ2v) is 8.11. The summed E-state index contributed by atoms with van der Waals surface area (Å²) in [7, 11) is 0. The molecule has 6 rings (SSSR count). The molecular formula is C21H14F5N9O2. The van der Waals surface area contributed by atoms with Gasteiger partial charge in [0, 0.05) is 36.6 Å². The number of rotatable bonds is 4. The molecule has 0 bridgehead atoms. The first-order valence-electron chi connectivity index (χ1n) is 10.8. The largest absolute Gasteiger partial charge is 0.504 e. The number of nitrogens with zero attached hydrogens (tertiary/aromatic N) is 8. The fraction of sp³-hybridized carbons (Fsp3) is 0.238. The van der Waals surface area contributed by atoms with Crippen molar-refractivity contribution in [2.75, 3.05) is 6.54 Å². The average Bonchev–Trinajstić information content (AvgIpc) is 3.66. The summed E-state index contributed by atoms with van der Waals surface area (Å²) in [5, 5.41) is 15.1. The summed E-state index contributed by atoms with van der Waals surface area (Å²) in [6.07, 6.45) is -3.45. The van der Waals surface area contributed by atoms with Crippen molar-refractivity contribution in [3.63, 3.8) is 0 Å². The molecule has 1 amide bonds.